The van der Waals surface area contributed by atoms with Crippen molar-refractivity contribution in [1.29, 1.82) is 0 Å². The third-order valence-electron chi connectivity index (χ3n) is 1.64. The monoisotopic (exact) mass is 274 g/mol. The van der Waals surface area contributed by atoms with E-state index in [1.807, 2.05) is 0 Å². The number of nitrogens with zero attached hydrogens (tertiary/aromatic N) is 2. The van der Waals surface area contributed by atoms with E-state index in [-0.39, 0.29) is 6.20 Å². The first kappa shape index (κ1) is 13.9. The third-order valence-corrected chi connectivity index (χ3v) is 1.64. The molecule has 0 aliphatic carbocycles. The lowest BCUT2D eigenvalue weighted by atomic mass is 10.2. The number of alkyl halides is 5. The standard InChI is InChI=1S/C7H3F5N2O4/c8-5(9)3-2(15)1-13-6(14(16)17)4(3)18-7(10,11)12/h1,5,15H. The lowest BCUT2D eigenvalue weighted by Crippen LogP contribution is -2.19. The zero-order valence-corrected chi connectivity index (χ0v) is 8.11. The van der Waals surface area contributed by atoms with Crippen LogP contribution in [0.2, 0.25) is 0 Å². The molecule has 0 aliphatic heterocycles. The van der Waals surface area contributed by atoms with Gasteiger partial charge >= 0.3 is 12.2 Å². The molecule has 100 valence electrons. The SMILES string of the molecule is O=[N+]([O-])c1ncc(O)c(C(F)F)c1OC(F)(F)F. The smallest absolute Gasteiger partial charge is 0.504 e. The van der Waals surface area contributed by atoms with Crippen LogP contribution in [0, 0.1) is 10.1 Å². The normalized spacial score (nSPS) is 11.7. The van der Waals surface area contributed by atoms with Gasteiger partial charge in [-0.25, -0.2) is 8.78 Å². The Kier molecular flexibility index (Phi) is 3.53. The Labute approximate surface area is 94.8 Å². The van der Waals surface area contributed by atoms with Gasteiger partial charge in [0.15, 0.2) is 11.9 Å². The van der Waals surface area contributed by atoms with Crippen LogP contribution in [-0.2, 0) is 0 Å². The van der Waals surface area contributed by atoms with E-state index in [4.69, 9.17) is 5.11 Å². The minimum atomic E-state index is -5.44. The Bertz CT molecular complexity index is 476. The summed E-state index contributed by atoms with van der Waals surface area (Å²) in [4.78, 5) is 11.7. The fraction of sp³-hybridized carbons (Fsp3) is 0.286. The Balaban J connectivity index is 3.48. The number of nitro groups is 1. The van der Waals surface area contributed by atoms with Crippen LogP contribution in [0.25, 0.3) is 0 Å². The van der Waals surface area contributed by atoms with Crippen molar-refractivity contribution >= 4 is 5.82 Å². The summed E-state index contributed by atoms with van der Waals surface area (Å²) in [6.45, 7) is 0. The predicted octanol–water partition coefficient (Wildman–Crippen LogP) is 2.53. The Morgan fingerprint density at radius 2 is 2.00 bits per heavy atom. The van der Waals surface area contributed by atoms with E-state index < -0.39 is 40.6 Å². The predicted molar refractivity (Wildman–Crippen MR) is 44.2 cm³/mol. The van der Waals surface area contributed by atoms with Gasteiger partial charge in [0.2, 0.25) is 5.75 Å². The number of rotatable bonds is 3. The van der Waals surface area contributed by atoms with Crippen molar-refractivity contribution in [3.05, 3.63) is 21.9 Å². The molecule has 0 bridgehead atoms. The fourth-order valence-corrected chi connectivity index (χ4v) is 1.04. The highest BCUT2D eigenvalue weighted by atomic mass is 19.4. The number of aromatic hydroxyl groups is 1. The van der Waals surface area contributed by atoms with E-state index in [0.717, 1.165) is 0 Å². The van der Waals surface area contributed by atoms with E-state index in [2.05, 4.69) is 9.72 Å². The highest BCUT2D eigenvalue weighted by molar-refractivity contribution is 5.53. The first-order valence-electron chi connectivity index (χ1n) is 4.03. The van der Waals surface area contributed by atoms with Crippen molar-refractivity contribution in [2.75, 3.05) is 0 Å². The van der Waals surface area contributed by atoms with Crippen molar-refractivity contribution < 1.29 is 36.7 Å². The topological polar surface area (TPSA) is 85.5 Å². The van der Waals surface area contributed by atoms with Gasteiger partial charge in [0, 0.05) is 0 Å². The van der Waals surface area contributed by atoms with Crippen molar-refractivity contribution in [2.24, 2.45) is 0 Å². The van der Waals surface area contributed by atoms with E-state index in [1.165, 1.54) is 0 Å². The molecular formula is C7H3F5N2O4. The quantitative estimate of drug-likeness (QED) is 0.520. The molecule has 0 saturated carbocycles. The summed E-state index contributed by atoms with van der Waals surface area (Å²) >= 11 is 0. The molecule has 6 nitrogen and oxygen atoms in total. The molecule has 0 amide bonds. The second-order valence-corrected chi connectivity index (χ2v) is 2.82. The number of hydrogen-bond donors (Lipinski definition) is 1. The van der Waals surface area contributed by atoms with E-state index in [9.17, 15) is 32.1 Å². The molecule has 0 aromatic carbocycles. The van der Waals surface area contributed by atoms with Gasteiger partial charge in [0.05, 0.1) is 0 Å². The van der Waals surface area contributed by atoms with E-state index in [1.54, 1.807) is 0 Å². The minimum Gasteiger partial charge on any atom is -0.504 e. The first-order valence-corrected chi connectivity index (χ1v) is 4.03. The fourth-order valence-electron chi connectivity index (χ4n) is 1.04. The molecule has 0 saturated heterocycles. The summed E-state index contributed by atoms with van der Waals surface area (Å²) in [5.41, 5.74) is -1.64. The van der Waals surface area contributed by atoms with Crippen LogP contribution in [-0.4, -0.2) is 21.4 Å². The summed E-state index contributed by atoms with van der Waals surface area (Å²) in [7, 11) is 0. The first-order chi connectivity index (χ1) is 8.13. The van der Waals surface area contributed by atoms with Crippen LogP contribution in [0.1, 0.15) is 12.0 Å². The van der Waals surface area contributed by atoms with Crippen LogP contribution >= 0.6 is 0 Å². The van der Waals surface area contributed by atoms with Crippen molar-refractivity contribution in [2.45, 2.75) is 12.8 Å². The number of halogens is 5. The van der Waals surface area contributed by atoms with Crippen LogP contribution in [0.4, 0.5) is 27.8 Å². The molecule has 11 heteroatoms. The Morgan fingerprint density at radius 1 is 1.44 bits per heavy atom. The van der Waals surface area contributed by atoms with Gasteiger partial charge in [-0.05, 0) is 9.91 Å². The van der Waals surface area contributed by atoms with E-state index >= 15 is 0 Å². The molecule has 1 aromatic heterocycles. The van der Waals surface area contributed by atoms with Crippen molar-refractivity contribution in [3.8, 4) is 11.5 Å². The summed E-state index contributed by atoms with van der Waals surface area (Å²) in [5, 5.41) is 19.3. The lowest BCUT2D eigenvalue weighted by Gasteiger charge is -2.12. The molecule has 1 rings (SSSR count). The molecule has 0 aliphatic rings. The minimum absolute atomic E-state index is 0.239. The van der Waals surface area contributed by atoms with Gasteiger partial charge in [-0.1, -0.05) is 0 Å². The number of hydrogen-bond acceptors (Lipinski definition) is 5. The lowest BCUT2D eigenvalue weighted by molar-refractivity contribution is -0.393. The van der Waals surface area contributed by atoms with E-state index in [0.29, 0.717) is 0 Å². The van der Waals surface area contributed by atoms with Crippen LogP contribution in [0.3, 0.4) is 0 Å². The summed E-state index contributed by atoms with van der Waals surface area (Å²) in [6.07, 6.45) is -8.81. The zero-order valence-electron chi connectivity index (χ0n) is 8.11. The van der Waals surface area contributed by atoms with Gasteiger partial charge in [0.1, 0.15) is 5.56 Å². The average molecular weight is 274 g/mol. The average Bonchev–Trinajstić information content (AvgIpc) is 2.13. The summed E-state index contributed by atoms with van der Waals surface area (Å²) in [6, 6.07) is 0. The molecule has 0 unspecified atom stereocenters. The molecule has 1 aromatic rings. The highest BCUT2D eigenvalue weighted by Crippen LogP contribution is 2.42. The molecule has 0 radical (unpaired) electrons. The number of ether oxygens (including phenoxy) is 1. The Morgan fingerprint density at radius 3 is 2.39 bits per heavy atom. The maximum atomic E-state index is 12.4. The summed E-state index contributed by atoms with van der Waals surface area (Å²) in [5.74, 6) is -4.74. The maximum absolute atomic E-state index is 12.4. The molecular weight excluding hydrogens is 271 g/mol. The van der Waals surface area contributed by atoms with Crippen LogP contribution < -0.4 is 4.74 Å². The van der Waals surface area contributed by atoms with Crippen molar-refractivity contribution in [1.82, 2.24) is 4.98 Å². The molecule has 18 heavy (non-hydrogen) atoms. The number of aromatic nitrogens is 1. The molecule has 0 spiro atoms. The van der Waals surface area contributed by atoms with Gasteiger partial charge in [-0.15, -0.1) is 13.2 Å². The molecule has 0 atom stereocenters. The van der Waals surface area contributed by atoms with Crippen LogP contribution in [0.5, 0.6) is 11.5 Å². The Hall–Kier alpha value is -2.20. The summed E-state index contributed by atoms with van der Waals surface area (Å²) < 4.78 is 63.9. The largest absolute Gasteiger partial charge is 0.573 e. The van der Waals surface area contributed by atoms with Gasteiger partial charge in [0.25, 0.3) is 6.43 Å². The van der Waals surface area contributed by atoms with Gasteiger partial charge in [-0.2, -0.15) is 0 Å². The van der Waals surface area contributed by atoms with Crippen molar-refractivity contribution in [3.63, 3.8) is 0 Å². The van der Waals surface area contributed by atoms with Gasteiger partial charge < -0.3 is 20.0 Å². The van der Waals surface area contributed by atoms with Crippen LogP contribution in [0.15, 0.2) is 6.20 Å². The second-order valence-electron chi connectivity index (χ2n) is 2.82. The second kappa shape index (κ2) is 4.58. The molecule has 0 fully saturated rings. The molecule has 1 heterocycles. The number of pyridine rings is 1. The maximum Gasteiger partial charge on any atom is 0.573 e. The highest BCUT2D eigenvalue weighted by Gasteiger charge is 2.39. The van der Waals surface area contributed by atoms with Gasteiger partial charge in [-0.3, -0.25) is 0 Å². The zero-order chi connectivity index (χ0) is 14.1. The third kappa shape index (κ3) is 2.93. The molecule has 1 N–H and O–H groups in total.